The second-order valence-corrected chi connectivity index (χ2v) is 11.2. The molecule has 46 heavy (non-hydrogen) atoms. The highest BCUT2D eigenvalue weighted by Crippen LogP contribution is 2.28. The van der Waals surface area contributed by atoms with Gasteiger partial charge >= 0.3 is 5.82 Å². The van der Waals surface area contributed by atoms with Crippen LogP contribution in [-0.2, 0) is 11.4 Å². The lowest BCUT2D eigenvalue weighted by atomic mass is 10.1. The molecule has 4 aromatic rings. The number of anilines is 3. The number of aliphatic imine (C=N–C) groups is 1. The number of aromatic nitrogens is 4. The largest absolute Gasteiger partial charge is 0.484 e. The maximum atomic E-state index is 14.8. The minimum Gasteiger partial charge on any atom is -0.484 e. The highest BCUT2D eigenvalue weighted by Gasteiger charge is 2.32. The van der Waals surface area contributed by atoms with E-state index in [1.54, 1.807) is 36.5 Å². The van der Waals surface area contributed by atoms with Crippen LogP contribution in [0.3, 0.4) is 0 Å². The van der Waals surface area contributed by atoms with Crippen molar-refractivity contribution < 1.29 is 23.3 Å². The molecule has 0 spiro atoms. The number of nitrogens with zero attached hydrogens (tertiary/aromatic N) is 7. The van der Waals surface area contributed by atoms with Crippen LogP contribution < -0.4 is 15.4 Å². The summed E-state index contributed by atoms with van der Waals surface area (Å²) in [4.78, 5) is 44.9. The normalized spacial score (nSPS) is 13.3. The predicted octanol–water partition coefficient (Wildman–Crippen LogP) is 5.20. The summed E-state index contributed by atoms with van der Waals surface area (Å²) in [5, 5.41) is 17.8. The average molecular weight is 627 g/mol. The summed E-state index contributed by atoms with van der Waals surface area (Å²) in [6, 6.07) is 11.5. The Morgan fingerprint density at radius 2 is 2.00 bits per heavy atom. The number of ether oxygens (including phenoxy) is 1. The predicted molar refractivity (Wildman–Crippen MR) is 172 cm³/mol. The Hall–Kier alpha value is -5.63. The van der Waals surface area contributed by atoms with Crippen LogP contribution in [0.5, 0.6) is 5.75 Å². The number of hydrogen-bond acceptors (Lipinski definition) is 10. The number of nitrogens with one attached hydrogen (secondary N) is 2. The summed E-state index contributed by atoms with van der Waals surface area (Å²) >= 11 is 0. The van der Waals surface area contributed by atoms with Crippen molar-refractivity contribution >= 4 is 39.8 Å². The fourth-order valence-electron chi connectivity index (χ4n) is 4.88. The van der Waals surface area contributed by atoms with Crippen LogP contribution in [0.25, 0.3) is 10.9 Å². The van der Waals surface area contributed by atoms with Gasteiger partial charge in [0.05, 0.1) is 43.6 Å². The van der Waals surface area contributed by atoms with E-state index in [9.17, 15) is 19.3 Å². The number of benzene rings is 1. The zero-order chi connectivity index (χ0) is 32.7. The minimum absolute atomic E-state index is 0.0715. The maximum absolute atomic E-state index is 14.8. The van der Waals surface area contributed by atoms with E-state index in [4.69, 9.17) is 4.74 Å². The average Bonchev–Trinajstić information content (AvgIpc) is 3.44. The molecule has 0 bridgehead atoms. The van der Waals surface area contributed by atoms with Crippen LogP contribution in [-0.4, -0.2) is 68.1 Å². The van der Waals surface area contributed by atoms with Gasteiger partial charge in [-0.3, -0.25) is 9.78 Å². The SMILES string of the molecule is CCC1=NC([N+](=O)[O-])=C(C[N+](C)(C)C/C=C/C(=O)Nc2cc3c(Nc4ccc(OCc5ccccn5)c(F)c4)ncnc3cn2)C1. The van der Waals surface area contributed by atoms with Gasteiger partial charge in [0.1, 0.15) is 36.8 Å². The van der Waals surface area contributed by atoms with Crippen molar-refractivity contribution in [3.8, 4) is 5.75 Å². The fraction of sp³-hybridized carbons (Fsp3) is 0.250. The topological polar surface area (TPSA) is 157 Å². The van der Waals surface area contributed by atoms with Gasteiger partial charge in [-0.15, -0.1) is 0 Å². The third kappa shape index (κ3) is 8.09. The van der Waals surface area contributed by atoms with Crippen molar-refractivity contribution in [2.45, 2.75) is 26.4 Å². The Bertz CT molecular complexity index is 1860. The van der Waals surface area contributed by atoms with Crippen LogP contribution >= 0.6 is 0 Å². The second-order valence-electron chi connectivity index (χ2n) is 11.2. The summed E-state index contributed by atoms with van der Waals surface area (Å²) in [5.74, 6) is -0.273. The lowest BCUT2D eigenvalue weighted by Gasteiger charge is -2.28. The van der Waals surface area contributed by atoms with Crippen LogP contribution in [0.1, 0.15) is 25.5 Å². The molecule has 236 valence electrons. The lowest BCUT2D eigenvalue weighted by Crippen LogP contribution is -2.41. The standard InChI is InChI=1S/C32H32FN9O4/c1-4-22-14-21(32(39-22)41(44)45)18-42(2,3)13-7-9-30(43)40-29-16-25-27(17-35-29)36-20-37-31(25)38-23-10-11-28(26(33)15-23)46-19-24-8-5-6-12-34-24/h5-12,15-17,20H,4,13-14,18-19H2,1-3H3,(H-,35,36,37,38,40,43)/p+1/b9-7+. The minimum atomic E-state index is -0.556. The molecule has 1 amide bonds. The molecule has 3 aromatic heterocycles. The van der Waals surface area contributed by atoms with Gasteiger partial charge in [0.25, 0.3) is 0 Å². The Morgan fingerprint density at radius 3 is 2.74 bits per heavy atom. The summed E-state index contributed by atoms with van der Waals surface area (Å²) < 4.78 is 20.8. The first-order valence-corrected chi connectivity index (χ1v) is 14.5. The van der Waals surface area contributed by atoms with Gasteiger partial charge in [0.2, 0.25) is 5.91 Å². The zero-order valence-electron chi connectivity index (χ0n) is 25.6. The van der Waals surface area contributed by atoms with Gasteiger partial charge in [0.15, 0.2) is 11.6 Å². The van der Waals surface area contributed by atoms with Gasteiger partial charge in [0, 0.05) is 42.3 Å². The molecule has 0 saturated carbocycles. The third-order valence-corrected chi connectivity index (χ3v) is 7.14. The number of carbonyl (C=O) groups is 1. The van der Waals surface area contributed by atoms with Gasteiger partial charge < -0.3 is 30.0 Å². The van der Waals surface area contributed by atoms with Crippen molar-refractivity contribution in [1.29, 1.82) is 0 Å². The summed E-state index contributed by atoms with van der Waals surface area (Å²) in [6.07, 6.45) is 8.78. The molecule has 14 heteroatoms. The third-order valence-electron chi connectivity index (χ3n) is 7.14. The van der Waals surface area contributed by atoms with Crippen LogP contribution in [0.2, 0.25) is 0 Å². The summed E-state index contributed by atoms with van der Waals surface area (Å²) in [7, 11) is 3.87. The fourth-order valence-corrected chi connectivity index (χ4v) is 4.88. The van der Waals surface area contributed by atoms with Crippen molar-refractivity contribution in [1.82, 2.24) is 19.9 Å². The molecule has 1 aliphatic heterocycles. The molecule has 4 heterocycles. The van der Waals surface area contributed by atoms with Gasteiger partial charge in [-0.05, 0) is 46.3 Å². The van der Waals surface area contributed by atoms with E-state index in [-0.39, 0.29) is 24.0 Å². The second kappa shape index (κ2) is 14.0. The number of pyridine rings is 2. The van der Waals surface area contributed by atoms with E-state index in [0.717, 1.165) is 5.71 Å². The van der Waals surface area contributed by atoms with Crippen molar-refractivity contribution in [2.24, 2.45) is 4.99 Å². The first-order chi connectivity index (χ1) is 22.1. The molecule has 5 rings (SSSR count). The molecule has 13 nitrogen and oxygen atoms in total. The van der Waals surface area contributed by atoms with E-state index in [1.165, 1.54) is 30.7 Å². The van der Waals surface area contributed by atoms with Crippen molar-refractivity contribution in [3.63, 3.8) is 0 Å². The highest BCUT2D eigenvalue weighted by atomic mass is 19.1. The molecule has 0 unspecified atom stereocenters. The van der Waals surface area contributed by atoms with E-state index >= 15 is 0 Å². The molecule has 2 N–H and O–H groups in total. The number of fused-ring (bicyclic) bond motifs is 1. The van der Waals surface area contributed by atoms with E-state index < -0.39 is 16.6 Å². The molecule has 0 radical (unpaired) electrons. The van der Waals surface area contributed by atoms with E-state index in [0.29, 0.717) is 64.1 Å². The first-order valence-electron chi connectivity index (χ1n) is 14.5. The van der Waals surface area contributed by atoms with E-state index in [2.05, 4.69) is 35.6 Å². The number of carbonyl (C=O) groups excluding carboxylic acids is 1. The number of halogens is 1. The Balaban J connectivity index is 1.21. The molecular weight excluding hydrogens is 593 g/mol. The summed E-state index contributed by atoms with van der Waals surface area (Å²) in [6.45, 7) is 2.95. The molecular formula is C32H33FN9O4+. The summed E-state index contributed by atoms with van der Waals surface area (Å²) in [5.41, 5.74) is 3.12. The highest BCUT2D eigenvalue weighted by molar-refractivity contribution is 6.00. The monoisotopic (exact) mass is 626 g/mol. The first kappa shape index (κ1) is 31.8. The Kier molecular flexibility index (Phi) is 9.67. The van der Waals surface area contributed by atoms with Gasteiger partial charge in [-0.1, -0.05) is 13.0 Å². The number of likely N-dealkylation sites (N-methyl/N-ethyl adjacent to an activating group) is 1. The quantitative estimate of drug-likeness (QED) is 0.0881. The van der Waals surface area contributed by atoms with Gasteiger partial charge in [-0.2, -0.15) is 0 Å². The molecule has 1 aromatic carbocycles. The maximum Gasteiger partial charge on any atom is 0.368 e. The zero-order valence-corrected chi connectivity index (χ0v) is 25.6. The van der Waals surface area contributed by atoms with Crippen molar-refractivity contribution in [2.75, 3.05) is 37.8 Å². The molecule has 0 aliphatic carbocycles. The van der Waals surface area contributed by atoms with Crippen LogP contribution in [0.4, 0.5) is 21.7 Å². The number of rotatable bonds is 13. The Morgan fingerprint density at radius 1 is 1.15 bits per heavy atom. The molecule has 0 saturated heterocycles. The van der Waals surface area contributed by atoms with Crippen LogP contribution in [0, 0.1) is 15.9 Å². The van der Waals surface area contributed by atoms with E-state index in [1.807, 2.05) is 27.1 Å². The van der Waals surface area contributed by atoms with Gasteiger partial charge in [-0.25, -0.2) is 19.3 Å². The number of amides is 1. The molecule has 1 aliphatic rings. The molecule has 0 atom stereocenters. The number of nitro groups is 1. The van der Waals surface area contributed by atoms with Crippen LogP contribution in [0.15, 0.2) is 89.7 Å². The number of hydrogen-bond donors (Lipinski definition) is 2. The Labute approximate surface area is 264 Å². The lowest BCUT2D eigenvalue weighted by molar-refractivity contribution is -0.880. The molecule has 0 fully saturated rings. The van der Waals surface area contributed by atoms with Crippen molar-refractivity contribution in [3.05, 3.63) is 106 Å². The number of quaternary nitrogens is 1. The smallest absolute Gasteiger partial charge is 0.368 e.